The monoisotopic (exact) mass is 258 g/mol. The predicted molar refractivity (Wildman–Crippen MR) is 75.5 cm³/mol. The normalized spacial score (nSPS) is 19.7. The van der Waals surface area contributed by atoms with Gasteiger partial charge in [-0.3, -0.25) is 4.79 Å². The maximum Gasteiger partial charge on any atom is 0.324 e. The molecule has 1 aromatic carbocycles. The highest BCUT2D eigenvalue weighted by atomic mass is 16.6. The van der Waals surface area contributed by atoms with Crippen molar-refractivity contribution in [2.24, 2.45) is 0 Å². The third kappa shape index (κ3) is 3.93. The minimum Gasteiger partial charge on any atom is -0.459 e. The van der Waals surface area contributed by atoms with Gasteiger partial charge < -0.3 is 10.1 Å². The zero-order valence-electron chi connectivity index (χ0n) is 11.7. The van der Waals surface area contributed by atoms with Crippen LogP contribution in [0.3, 0.4) is 0 Å². The minimum absolute atomic E-state index is 0.182. The smallest absolute Gasteiger partial charge is 0.324 e. The lowest BCUT2D eigenvalue weighted by Gasteiger charge is -2.27. The van der Waals surface area contributed by atoms with E-state index >= 15 is 0 Å². The van der Waals surface area contributed by atoms with Gasteiger partial charge in [-0.25, -0.2) is 0 Å². The van der Waals surface area contributed by atoms with Gasteiger partial charge >= 0.3 is 5.97 Å². The Morgan fingerprint density at radius 3 is 2.89 bits per heavy atom. The van der Waals surface area contributed by atoms with Crippen LogP contribution in [-0.4, -0.2) is 24.2 Å². The van der Waals surface area contributed by atoms with E-state index in [0.717, 1.165) is 5.56 Å². The molecular weight excluding hydrogens is 238 g/mol. The molecule has 0 saturated heterocycles. The summed E-state index contributed by atoms with van der Waals surface area (Å²) >= 11 is 0. The van der Waals surface area contributed by atoms with E-state index in [2.05, 4.69) is 17.5 Å². The molecule has 19 heavy (non-hydrogen) atoms. The molecule has 0 bridgehead atoms. The van der Waals surface area contributed by atoms with E-state index in [1.54, 1.807) is 0 Å². The van der Waals surface area contributed by atoms with Crippen LogP contribution < -0.4 is 5.32 Å². The van der Waals surface area contributed by atoms with Crippen LogP contribution in [0.15, 0.2) is 30.3 Å². The lowest BCUT2D eigenvalue weighted by molar-refractivity contribution is -0.157. The summed E-state index contributed by atoms with van der Waals surface area (Å²) in [4.78, 5) is 12.1. The summed E-state index contributed by atoms with van der Waals surface area (Å²) in [6.07, 6.45) is 2.77. The Morgan fingerprint density at radius 1 is 1.47 bits per heavy atom. The van der Waals surface area contributed by atoms with Crippen LogP contribution in [0.5, 0.6) is 0 Å². The van der Waals surface area contributed by atoms with Gasteiger partial charge in [0.25, 0.3) is 0 Å². The van der Waals surface area contributed by atoms with E-state index in [1.807, 2.05) is 45.0 Å². The van der Waals surface area contributed by atoms with Gasteiger partial charge in [-0.05, 0) is 50.5 Å². The summed E-state index contributed by atoms with van der Waals surface area (Å²) in [7, 11) is 0. The lowest BCUT2D eigenvalue weighted by Crippen LogP contribution is -2.43. The Kier molecular flexibility index (Phi) is 4.05. The van der Waals surface area contributed by atoms with Crippen LogP contribution in [0.4, 0.5) is 0 Å². The summed E-state index contributed by atoms with van der Waals surface area (Å²) in [5, 5.41) is 3.18. The SMILES string of the molecule is CC(C)(C)OC(=O)C1CC(c2c[c]ccc2)=CCN1. The summed E-state index contributed by atoms with van der Waals surface area (Å²) in [6.45, 7) is 6.35. The molecule has 1 aliphatic heterocycles. The van der Waals surface area contributed by atoms with E-state index < -0.39 is 5.60 Å². The molecule has 0 amide bonds. The molecule has 0 aromatic heterocycles. The molecule has 0 spiro atoms. The fourth-order valence-electron chi connectivity index (χ4n) is 2.07. The third-order valence-corrected chi connectivity index (χ3v) is 2.91. The van der Waals surface area contributed by atoms with Crippen molar-refractivity contribution in [2.45, 2.75) is 38.8 Å². The fraction of sp³-hybridized carbons (Fsp3) is 0.438. The number of carbonyl (C=O) groups is 1. The highest BCUT2D eigenvalue weighted by molar-refractivity contribution is 5.81. The van der Waals surface area contributed by atoms with Crippen molar-refractivity contribution in [2.75, 3.05) is 6.54 Å². The molecule has 1 radical (unpaired) electrons. The first kappa shape index (κ1) is 13.8. The molecule has 1 atom stereocenters. The number of nitrogens with one attached hydrogen (secondary N) is 1. The van der Waals surface area contributed by atoms with E-state index in [-0.39, 0.29) is 12.0 Å². The van der Waals surface area contributed by atoms with Crippen molar-refractivity contribution in [3.8, 4) is 0 Å². The number of esters is 1. The van der Waals surface area contributed by atoms with E-state index in [9.17, 15) is 4.79 Å². The Labute approximate surface area is 114 Å². The van der Waals surface area contributed by atoms with E-state index in [1.165, 1.54) is 5.57 Å². The standard InChI is InChI=1S/C16H20NO2/c1-16(2,3)19-15(18)14-11-13(9-10-17-14)12-7-5-4-6-8-12/h4-5,7-9,14,17H,10-11H2,1-3H3. The molecule has 0 aliphatic carbocycles. The molecular formula is C16H20NO2. The van der Waals surface area contributed by atoms with Gasteiger partial charge in [0.2, 0.25) is 0 Å². The number of benzene rings is 1. The van der Waals surface area contributed by atoms with Crippen molar-refractivity contribution in [1.82, 2.24) is 5.32 Å². The lowest BCUT2D eigenvalue weighted by atomic mass is 9.95. The maximum atomic E-state index is 12.1. The number of hydrogen-bond donors (Lipinski definition) is 1. The molecule has 1 unspecified atom stereocenters. The second-order valence-corrected chi connectivity index (χ2v) is 5.72. The highest BCUT2D eigenvalue weighted by Crippen LogP contribution is 2.23. The Balaban J connectivity index is 2.05. The van der Waals surface area contributed by atoms with E-state index in [4.69, 9.17) is 4.74 Å². The van der Waals surface area contributed by atoms with Crippen molar-refractivity contribution in [3.05, 3.63) is 42.0 Å². The number of hydrogen-bond acceptors (Lipinski definition) is 3. The first-order valence-corrected chi connectivity index (χ1v) is 6.57. The molecule has 2 rings (SSSR count). The van der Waals surface area contributed by atoms with Gasteiger partial charge in [-0.2, -0.15) is 0 Å². The van der Waals surface area contributed by atoms with Crippen LogP contribution in [0.2, 0.25) is 0 Å². The van der Waals surface area contributed by atoms with Gasteiger partial charge in [-0.15, -0.1) is 0 Å². The van der Waals surface area contributed by atoms with Crippen molar-refractivity contribution in [3.63, 3.8) is 0 Å². The molecule has 101 valence electrons. The molecule has 0 fully saturated rings. The molecule has 3 nitrogen and oxygen atoms in total. The van der Waals surface area contributed by atoms with Crippen molar-refractivity contribution < 1.29 is 9.53 Å². The first-order valence-electron chi connectivity index (χ1n) is 6.57. The largest absolute Gasteiger partial charge is 0.459 e. The summed E-state index contributed by atoms with van der Waals surface area (Å²) < 4.78 is 5.42. The third-order valence-electron chi connectivity index (χ3n) is 2.91. The van der Waals surface area contributed by atoms with Gasteiger partial charge in [0.15, 0.2) is 0 Å². The van der Waals surface area contributed by atoms with Crippen molar-refractivity contribution >= 4 is 11.5 Å². The topological polar surface area (TPSA) is 38.3 Å². The predicted octanol–water partition coefficient (Wildman–Crippen LogP) is 2.57. The van der Waals surface area contributed by atoms with Crippen LogP contribution in [-0.2, 0) is 9.53 Å². The number of ether oxygens (including phenoxy) is 1. The average Bonchev–Trinajstić information content (AvgIpc) is 2.38. The molecule has 1 N–H and O–H groups in total. The maximum absolute atomic E-state index is 12.1. The highest BCUT2D eigenvalue weighted by Gasteiger charge is 2.27. The Hall–Kier alpha value is -1.61. The second kappa shape index (κ2) is 5.57. The average molecular weight is 258 g/mol. The van der Waals surface area contributed by atoms with Crippen LogP contribution in [0, 0.1) is 6.07 Å². The number of carbonyl (C=O) groups excluding carboxylic acids is 1. The Bertz CT molecular complexity index is 471. The summed E-state index contributed by atoms with van der Waals surface area (Å²) in [5.41, 5.74) is 1.85. The van der Waals surface area contributed by atoms with Gasteiger partial charge in [0.1, 0.15) is 11.6 Å². The van der Waals surface area contributed by atoms with Gasteiger partial charge in [0.05, 0.1) is 0 Å². The number of rotatable bonds is 2. The molecule has 1 heterocycles. The van der Waals surface area contributed by atoms with E-state index in [0.29, 0.717) is 13.0 Å². The summed E-state index contributed by atoms with van der Waals surface area (Å²) in [6, 6.07) is 10.6. The quantitative estimate of drug-likeness (QED) is 0.829. The molecule has 3 heteroatoms. The minimum atomic E-state index is -0.444. The molecule has 0 saturated carbocycles. The first-order chi connectivity index (χ1) is 8.96. The second-order valence-electron chi connectivity index (χ2n) is 5.72. The van der Waals surface area contributed by atoms with Crippen LogP contribution >= 0.6 is 0 Å². The van der Waals surface area contributed by atoms with Gasteiger partial charge in [0, 0.05) is 6.54 Å². The zero-order valence-corrected chi connectivity index (χ0v) is 11.7. The summed E-state index contributed by atoms with van der Waals surface area (Å²) in [5.74, 6) is -0.182. The molecule has 1 aliphatic rings. The van der Waals surface area contributed by atoms with Crippen LogP contribution in [0.25, 0.3) is 5.57 Å². The van der Waals surface area contributed by atoms with Crippen LogP contribution in [0.1, 0.15) is 32.8 Å². The zero-order chi connectivity index (χ0) is 13.9. The fourth-order valence-corrected chi connectivity index (χ4v) is 2.07. The van der Waals surface area contributed by atoms with Crippen molar-refractivity contribution in [1.29, 1.82) is 0 Å². The molecule has 1 aromatic rings. The Morgan fingerprint density at radius 2 is 2.26 bits per heavy atom. The van der Waals surface area contributed by atoms with Gasteiger partial charge in [-0.1, -0.05) is 24.3 Å².